The van der Waals surface area contributed by atoms with Crippen molar-refractivity contribution in [1.29, 1.82) is 0 Å². The van der Waals surface area contributed by atoms with Gasteiger partial charge in [0.05, 0.1) is 12.9 Å². The Morgan fingerprint density at radius 3 is 2.77 bits per heavy atom. The molecule has 2 heterocycles. The number of aliphatic carboxylic acids is 1. The van der Waals surface area contributed by atoms with Crippen molar-refractivity contribution in [1.82, 2.24) is 19.5 Å². The Labute approximate surface area is 151 Å². The number of hydrogen-bond acceptors (Lipinski definition) is 6. The summed E-state index contributed by atoms with van der Waals surface area (Å²) in [6, 6.07) is 9.33. The van der Waals surface area contributed by atoms with Crippen molar-refractivity contribution >= 4 is 23.0 Å². The molecular formula is C18H22N6O2. The number of nitrogens with one attached hydrogen (secondary N) is 1. The van der Waals surface area contributed by atoms with Gasteiger partial charge in [-0.1, -0.05) is 30.3 Å². The fourth-order valence-electron chi connectivity index (χ4n) is 2.73. The van der Waals surface area contributed by atoms with Crippen molar-refractivity contribution in [3.05, 3.63) is 48.5 Å². The Hall–Kier alpha value is -3.00. The van der Waals surface area contributed by atoms with Crippen LogP contribution in [-0.4, -0.2) is 43.2 Å². The molecule has 0 saturated carbocycles. The first-order chi connectivity index (χ1) is 12.6. The topological polar surface area (TPSA) is 119 Å². The molecule has 3 aromatic rings. The molecule has 0 aliphatic rings. The number of nitrogens with zero attached hydrogens (tertiary/aromatic N) is 4. The maximum Gasteiger partial charge on any atom is 0.320 e. The predicted molar refractivity (Wildman–Crippen MR) is 98.8 cm³/mol. The van der Waals surface area contributed by atoms with Crippen LogP contribution in [0, 0.1) is 0 Å². The normalized spacial score (nSPS) is 12.2. The zero-order chi connectivity index (χ0) is 18.4. The van der Waals surface area contributed by atoms with Gasteiger partial charge >= 0.3 is 5.97 Å². The Bertz CT molecular complexity index is 865. The molecule has 0 radical (unpaired) electrons. The molecule has 2 aromatic heterocycles. The zero-order valence-corrected chi connectivity index (χ0v) is 14.4. The van der Waals surface area contributed by atoms with Crippen LogP contribution in [0.15, 0.2) is 43.0 Å². The number of carbonyl (C=O) groups is 1. The van der Waals surface area contributed by atoms with Gasteiger partial charge in [-0.2, -0.15) is 0 Å². The van der Waals surface area contributed by atoms with Gasteiger partial charge in [-0.3, -0.25) is 4.79 Å². The highest BCUT2D eigenvalue weighted by molar-refractivity contribution is 5.82. The van der Waals surface area contributed by atoms with Crippen molar-refractivity contribution < 1.29 is 9.90 Å². The highest BCUT2D eigenvalue weighted by atomic mass is 16.4. The van der Waals surface area contributed by atoms with Gasteiger partial charge in [-0.05, 0) is 24.8 Å². The molecule has 0 aliphatic heterocycles. The van der Waals surface area contributed by atoms with E-state index in [-0.39, 0.29) is 0 Å². The summed E-state index contributed by atoms with van der Waals surface area (Å²) in [5.74, 6) is -0.274. The van der Waals surface area contributed by atoms with E-state index in [1.165, 1.54) is 11.9 Å². The van der Waals surface area contributed by atoms with E-state index < -0.39 is 12.0 Å². The predicted octanol–water partition coefficient (Wildman–Crippen LogP) is 1.87. The van der Waals surface area contributed by atoms with Crippen LogP contribution in [0.4, 0.5) is 5.82 Å². The molecule has 8 heteroatoms. The van der Waals surface area contributed by atoms with Gasteiger partial charge in [-0.25, -0.2) is 15.0 Å². The van der Waals surface area contributed by atoms with Gasteiger partial charge in [0.15, 0.2) is 11.5 Å². The van der Waals surface area contributed by atoms with Crippen LogP contribution in [0.5, 0.6) is 0 Å². The van der Waals surface area contributed by atoms with Crippen molar-refractivity contribution in [2.75, 3.05) is 11.9 Å². The molecule has 8 nitrogen and oxygen atoms in total. The van der Waals surface area contributed by atoms with E-state index in [1.807, 2.05) is 22.8 Å². The fraction of sp³-hybridized carbons (Fsp3) is 0.333. The molecule has 0 unspecified atom stereocenters. The van der Waals surface area contributed by atoms with Crippen LogP contribution in [0.1, 0.15) is 24.8 Å². The summed E-state index contributed by atoms with van der Waals surface area (Å²) < 4.78 is 1.99. The van der Waals surface area contributed by atoms with E-state index in [9.17, 15) is 4.79 Å². The quantitative estimate of drug-likeness (QED) is 0.502. The molecule has 0 amide bonds. The maximum absolute atomic E-state index is 10.7. The molecule has 0 spiro atoms. The second-order valence-electron chi connectivity index (χ2n) is 6.12. The molecule has 0 fully saturated rings. The van der Waals surface area contributed by atoms with Crippen LogP contribution in [0.25, 0.3) is 11.2 Å². The highest BCUT2D eigenvalue weighted by Gasteiger charge is 2.12. The van der Waals surface area contributed by atoms with Crippen LogP contribution in [-0.2, 0) is 11.3 Å². The second-order valence-corrected chi connectivity index (χ2v) is 6.12. The van der Waals surface area contributed by atoms with E-state index in [4.69, 9.17) is 10.8 Å². The van der Waals surface area contributed by atoms with E-state index in [0.717, 1.165) is 24.0 Å². The lowest BCUT2D eigenvalue weighted by atomic mass is 10.1. The molecule has 136 valence electrons. The number of imidazole rings is 1. The third kappa shape index (κ3) is 4.34. The average Bonchev–Trinajstić information content (AvgIpc) is 3.06. The second kappa shape index (κ2) is 8.39. The van der Waals surface area contributed by atoms with Crippen molar-refractivity contribution in [3.63, 3.8) is 0 Å². The summed E-state index contributed by atoms with van der Waals surface area (Å²) in [5.41, 5.74) is 8.18. The zero-order valence-electron chi connectivity index (χ0n) is 14.4. The molecule has 0 saturated heterocycles. The first kappa shape index (κ1) is 17.8. The SMILES string of the molecule is N[C@@H](CCCCNc1ncnc2c1ncn2Cc1ccccc1)C(=O)O. The smallest absolute Gasteiger partial charge is 0.320 e. The van der Waals surface area contributed by atoms with Crippen LogP contribution >= 0.6 is 0 Å². The number of rotatable bonds is 9. The molecule has 0 bridgehead atoms. The number of aromatic nitrogens is 4. The Kier molecular flexibility index (Phi) is 5.75. The number of carboxylic acids is 1. The van der Waals surface area contributed by atoms with Gasteiger partial charge in [0.25, 0.3) is 0 Å². The van der Waals surface area contributed by atoms with E-state index >= 15 is 0 Å². The Morgan fingerprint density at radius 2 is 2.00 bits per heavy atom. The maximum atomic E-state index is 10.7. The number of fused-ring (bicyclic) bond motifs is 1. The van der Waals surface area contributed by atoms with Crippen molar-refractivity contribution in [2.24, 2.45) is 5.73 Å². The molecule has 1 atom stereocenters. The number of benzene rings is 1. The number of unbranched alkanes of at least 4 members (excludes halogenated alkanes) is 1. The first-order valence-corrected chi connectivity index (χ1v) is 8.57. The van der Waals surface area contributed by atoms with Gasteiger partial charge in [0.2, 0.25) is 0 Å². The summed E-state index contributed by atoms with van der Waals surface area (Å²) >= 11 is 0. The summed E-state index contributed by atoms with van der Waals surface area (Å²) in [6.45, 7) is 1.37. The Morgan fingerprint density at radius 1 is 1.19 bits per heavy atom. The summed E-state index contributed by atoms with van der Waals surface area (Å²) in [4.78, 5) is 23.8. The molecular weight excluding hydrogens is 332 g/mol. The Balaban J connectivity index is 1.60. The monoisotopic (exact) mass is 354 g/mol. The number of anilines is 1. The lowest BCUT2D eigenvalue weighted by molar-refractivity contribution is -0.138. The molecule has 26 heavy (non-hydrogen) atoms. The number of carboxylic acid groups (broad SMARTS) is 1. The lowest BCUT2D eigenvalue weighted by Crippen LogP contribution is -2.29. The minimum Gasteiger partial charge on any atom is -0.480 e. The lowest BCUT2D eigenvalue weighted by Gasteiger charge is -2.08. The van der Waals surface area contributed by atoms with E-state index in [0.29, 0.717) is 25.3 Å². The molecule has 4 N–H and O–H groups in total. The van der Waals surface area contributed by atoms with Crippen LogP contribution < -0.4 is 11.1 Å². The molecule has 3 rings (SSSR count). The van der Waals surface area contributed by atoms with Crippen LogP contribution in [0.2, 0.25) is 0 Å². The largest absolute Gasteiger partial charge is 0.480 e. The van der Waals surface area contributed by atoms with E-state index in [1.54, 1.807) is 6.33 Å². The minimum absolute atomic E-state index is 0.460. The highest BCUT2D eigenvalue weighted by Crippen LogP contribution is 2.18. The van der Waals surface area contributed by atoms with Gasteiger partial charge in [0, 0.05) is 6.54 Å². The first-order valence-electron chi connectivity index (χ1n) is 8.57. The fourth-order valence-corrected chi connectivity index (χ4v) is 2.73. The van der Waals surface area contributed by atoms with Gasteiger partial charge in [0.1, 0.15) is 17.9 Å². The summed E-state index contributed by atoms with van der Waals surface area (Å²) in [5, 5.41) is 12.0. The molecule has 0 aliphatic carbocycles. The molecule has 1 aromatic carbocycles. The third-order valence-electron chi connectivity index (χ3n) is 4.15. The van der Waals surface area contributed by atoms with Crippen molar-refractivity contribution in [2.45, 2.75) is 31.8 Å². The van der Waals surface area contributed by atoms with Gasteiger partial charge < -0.3 is 20.7 Å². The minimum atomic E-state index is -0.959. The average molecular weight is 354 g/mol. The van der Waals surface area contributed by atoms with Gasteiger partial charge in [-0.15, -0.1) is 0 Å². The summed E-state index contributed by atoms with van der Waals surface area (Å²) in [6.07, 6.45) is 5.29. The summed E-state index contributed by atoms with van der Waals surface area (Å²) in [7, 11) is 0. The van der Waals surface area contributed by atoms with E-state index in [2.05, 4.69) is 32.4 Å². The third-order valence-corrected chi connectivity index (χ3v) is 4.15. The standard InChI is InChI=1S/C18H22N6O2/c19-14(18(25)26)8-4-5-9-20-16-15-17(22-11-21-16)24(12-23-15)10-13-6-2-1-3-7-13/h1-3,6-7,11-12,14H,4-5,8-10,19H2,(H,25,26)(H,20,21,22)/t14-/m0/s1. The van der Waals surface area contributed by atoms with Crippen LogP contribution in [0.3, 0.4) is 0 Å². The number of nitrogens with two attached hydrogens (primary N) is 1. The van der Waals surface area contributed by atoms with Crippen molar-refractivity contribution in [3.8, 4) is 0 Å². The number of hydrogen-bond donors (Lipinski definition) is 3.